The highest BCUT2D eigenvalue weighted by Gasteiger charge is 2.56. The lowest BCUT2D eigenvalue weighted by Crippen LogP contribution is -2.64. The number of hydrogen-bond donors (Lipinski definition) is 3. The van der Waals surface area contributed by atoms with Crippen molar-refractivity contribution in [3.63, 3.8) is 0 Å². The zero-order chi connectivity index (χ0) is 27.3. The first-order valence-electron chi connectivity index (χ1n) is 14.9. The monoisotopic (exact) mass is 541 g/mol. The highest BCUT2D eigenvalue weighted by Crippen LogP contribution is 2.57. The third kappa shape index (κ3) is 5.11. The van der Waals surface area contributed by atoms with Gasteiger partial charge in [-0.15, -0.1) is 0 Å². The summed E-state index contributed by atoms with van der Waals surface area (Å²) in [5.74, 6) is 1.90. The molecule has 1 aliphatic heterocycles. The minimum Gasteiger partial charge on any atom is -0.491 e. The summed E-state index contributed by atoms with van der Waals surface area (Å²) in [6.07, 6.45) is 10.7. The van der Waals surface area contributed by atoms with Gasteiger partial charge >= 0.3 is 0 Å². The average molecular weight is 542 g/mol. The Bertz CT molecular complexity index is 1400. The Morgan fingerprint density at radius 2 is 1.93 bits per heavy atom. The van der Waals surface area contributed by atoms with E-state index < -0.39 is 5.60 Å². The molecule has 0 radical (unpaired) electrons. The van der Waals surface area contributed by atoms with Gasteiger partial charge in [-0.05, 0) is 118 Å². The van der Waals surface area contributed by atoms with Crippen LogP contribution in [0.3, 0.4) is 0 Å². The Morgan fingerprint density at radius 3 is 2.65 bits per heavy atom. The predicted molar refractivity (Wildman–Crippen MR) is 155 cm³/mol. The SMILES string of the molecule is Cc1c(NC(=O)c2ccc(OCC3CCCO3)cc2)ccc2cc(CNC34CC5CC(CC(O)(C5)C3)C4)cnc12. The molecule has 3 aromatic rings. The summed E-state index contributed by atoms with van der Waals surface area (Å²) in [6, 6.07) is 13.4. The fourth-order valence-corrected chi connectivity index (χ4v) is 8.20. The highest BCUT2D eigenvalue weighted by atomic mass is 16.5. The van der Waals surface area contributed by atoms with Crippen LogP contribution in [0, 0.1) is 18.8 Å². The normalized spacial score (nSPS) is 30.6. The molecular formula is C33H39N3O4. The molecule has 8 rings (SSSR count). The Labute approximate surface area is 235 Å². The van der Waals surface area contributed by atoms with Crippen molar-refractivity contribution in [1.29, 1.82) is 0 Å². The van der Waals surface area contributed by atoms with Gasteiger partial charge in [-0.25, -0.2) is 0 Å². The third-order valence-corrected chi connectivity index (χ3v) is 9.68. The quantitative estimate of drug-likeness (QED) is 0.348. The summed E-state index contributed by atoms with van der Waals surface area (Å²) in [7, 11) is 0. The van der Waals surface area contributed by atoms with Crippen molar-refractivity contribution < 1.29 is 19.4 Å². The van der Waals surface area contributed by atoms with Gasteiger partial charge in [-0.1, -0.05) is 6.07 Å². The number of amides is 1. The second kappa shape index (κ2) is 10.1. The molecule has 3 unspecified atom stereocenters. The van der Waals surface area contributed by atoms with Crippen molar-refractivity contribution in [3.8, 4) is 5.75 Å². The Kier molecular flexibility index (Phi) is 6.56. The molecule has 4 bridgehead atoms. The molecule has 1 amide bonds. The van der Waals surface area contributed by atoms with Gasteiger partial charge in [0.1, 0.15) is 12.4 Å². The van der Waals surface area contributed by atoms with Crippen LogP contribution in [0.1, 0.15) is 72.9 Å². The number of aromatic nitrogens is 1. The molecule has 3 N–H and O–H groups in total. The second-order valence-electron chi connectivity index (χ2n) is 12.9. The van der Waals surface area contributed by atoms with Crippen LogP contribution in [0.2, 0.25) is 0 Å². The van der Waals surface area contributed by atoms with Crippen LogP contribution in [0.15, 0.2) is 48.7 Å². The van der Waals surface area contributed by atoms with Crippen molar-refractivity contribution in [3.05, 3.63) is 65.4 Å². The van der Waals surface area contributed by atoms with Crippen LogP contribution in [-0.4, -0.2) is 46.5 Å². The molecule has 2 aromatic carbocycles. The van der Waals surface area contributed by atoms with E-state index in [1.807, 2.05) is 37.4 Å². The molecule has 1 aromatic heterocycles. The molecule has 7 heteroatoms. The van der Waals surface area contributed by atoms with Gasteiger partial charge in [-0.2, -0.15) is 0 Å². The fraction of sp³-hybridized carbons (Fsp3) is 0.515. The number of nitrogens with one attached hydrogen (secondary N) is 2. The maximum absolute atomic E-state index is 13.0. The average Bonchev–Trinajstić information content (AvgIpc) is 3.45. The molecule has 4 saturated carbocycles. The lowest BCUT2D eigenvalue weighted by Gasteiger charge is -2.60. The summed E-state index contributed by atoms with van der Waals surface area (Å²) >= 11 is 0. The topological polar surface area (TPSA) is 92.7 Å². The fourth-order valence-electron chi connectivity index (χ4n) is 8.20. The minimum atomic E-state index is -0.461. The first-order chi connectivity index (χ1) is 19.4. The number of fused-ring (bicyclic) bond motifs is 1. The van der Waals surface area contributed by atoms with E-state index in [1.54, 1.807) is 12.1 Å². The summed E-state index contributed by atoms with van der Waals surface area (Å²) < 4.78 is 11.4. The van der Waals surface area contributed by atoms with Crippen LogP contribution in [0.25, 0.3) is 10.9 Å². The van der Waals surface area contributed by atoms with Crippen LogP contribution in [-0.2, 0) is 11.3 Å². The standard InChI is InChI=1S/C33H39N3O4/c1-21-29(36-31(37)25-4-7-27(8-5-25)40-19-28-3-2-10-39-28)9-6-26-12-24(17-34-30(21)26)18-35-32-13-22-11-23(14-32)16-33(38,15-22)20-32/h4-9,12,17,22-23,28,35,38H,2-3,10-11,13-16,18-20H2,1H3,(H,36,37). The minimum absolute atomic E-state index is 0.0621. The molecule has 1 saturated heterocycles. The Morgan fingerprint density at radius 1 is 1.12 bits per heavy atom. The lowest BCUT2D eigenvalue weighted by molar-refractivity contribution is -0.142. The number of ether oxygens (including phenoxy) is 2. The molecule has 210 valence electrons. The first kappa shape index (κ1) is 25.9. The zero-order valence-corrected chi connectivity index (χ0v) is 23.2. The number of hydrogen-bond acceptors (Lipinski definition) is 6. The van der Waals surface area contributed by atoms with Gasteiger partial charge in [0.15, 0.2) is 0 Å². The van der Waals surface area contributed by atoms with Crippen molar-refractivity contribution in [2.45, 2.75) is 82.1 Å². The summed E-state index contributed by atoms with van der Waals surface area (Å²) in [4.78, 5) is 17.8. The number of aliphatic hydroxyl groups is 1. The van der Waals surface area contributed by atoms with Crippen molar-refractivity contribution in [1.82, 2.24) is 10.3 Å². The lowest BCUT2D eigenvalue weighted by atomic mass is 9.51. The van der Waals surface area contributed by atoms with Gasteiger partial charge in [0.2, 0.25) is 0 Å². The molecule has 40 heavy (non-hydrogen) atoms. The van der Waals surface area contributed by atoms with Crippen LogP contribution in [0.5, 0.6) is 5.75 Å². The van der Waals surface area contributed by atoms with Crippen LogP contribution in [0.4, 0.5) is 5.69 Å². The van der Waals surface area contributed by atoms with E-state index in [-0.39, 0.29) is 17.6 Å². The van der Waals surface area contributed by atoms with Gasteiger partial charge < -0.3 is 25.2 Å². The number of rotatable bonds is 8. The summed E-state index contributed by atoms with van der Waals surface area (Å²) in [5, 5.41) is 19.1. The van der Waals surface area contributed by atoms with Crippen molar-refractivity contribution in [2.75, 3.05) is 18.5 Å². The van der Waals surface area contributed by atoms with E-state index in [1.165, 1.54) is 19.3 Å². The second-order valence-corrected chi connectivity index (χ2v) is 12.9. The van der Waals surface area contributed by atoms with Crippen molar-refractivity contribution in [2.24, 2.45) is 11.8 Å². The molecule has 5 fully saturated rings. The molecule has 7 nitrogen and oxygen atoms in total. The molecule has 2 heterocycles. The highest BCUT2D eigenvalue weighted by molar-refractivity contribution is 6.06. The van der Waals surface area contributed by atoms with Gasteiger partial charge in [0.05, 0.1) is 17.2 Å². The van der Waals surface area contributed by atoms with Gasteiger partial charge in [-0.3, -0.25) is 9.78 Å². The Hall–Kier alpha value is -3.00. The van der Waals surface area contributed by atoms with E-state index in [4.69, 9.17) is 14.5 Å². The van der Waals surface area contributed by atoms with Gasteiger partial charge in [0, 0.05) is 41.5 Å². The molecular weight excluding hydrogens is 502 g/mol. The zero-order valence-electron chi connectivity index (χ0n) is 23.2. The number of aryl methyl sites for hydroxylation is 1. The number of nitrogens with zero attached hydrogens (tertiary/aromatic N) is 1. The number of carbonyl (C=O) groups excluding carboxylic acids is 1. The Balaban J connectivity index is 0.994. The summed E-state index contributed by atoms with van der Waals surface area (Å²) in [6.45, 7) is 4.10. The maximum Gasteiger partial charge on any atom is 0.255 e. The van der Waals surface area contributed by atoms with E-state index in [2.05, 4.69) is 16.7 Å². The largest absolute Gasteiger partial charge is 0.491 e. The van der Waals surface area contributed by atoms with E-state index in [9.17, 15) is 9.90 Å². The van der Waals surface area contributed by atoms with E-state index in [0.29, 0.717) is 24.0 Å². The van der Waals surface area contributed by atoms with Gasteiger partial charge in [0.25, 0.3) is 5.91 Å². The number of anilines is 1. The molecule has 0 spiro atoms. The summed E-state index contributed by atoms with van der Waals surface area (Å²) in [5.41, 5.74) is 3.93. The van der Waals surface area contributed by atoms with Crippen molar-refractivity contribution >= 4 is 22.5 Å². The predicted octanol–water partition coefficient (Wildman–Crippen LogP) is 5.53. The number of carbonyl (C=O) groups is 1. The molecule has 5 aliphatic rings. The smallest absolute Gasteiger partial charge is 0.255 e. The van der Waals surface area contributed by atoms with Crippen LogP contribution < -0.4 is 15.4 Å². The van der Waals surface area contributed by atoms with E-state index in [0.717, 1.165) is 78.7 Å². The maximum atomic E-state index is 13.0. The first-order valence-corrected chi connectivity index (χ1v) is 14.9. The number of pyridine rings is 1. The third-order valence-electron chi connectivity index (χ3n) is 9.68. The van der Waals surface area contributed by atoms with E-state index >= 15 is 0 Å². The molecule has 3 atom stereocenters. The number of benzene rings is 2. The van der Waals surface area contributed by atoms with Crippen LogP contribution >= 0.6 is 0 Å². The molecule has 4 aliphatic carbocycles.